The van der Waals surface area contributed by atoms with Gasteiger partial charge < -0.3 is 9.64 Å². The maximum Gasteiger partial charge on any atom is 0.323 e. The van der Waals surface area contributed by atoms with Crippen molar-refractivity contribution in [2.24, 2.45) is 0 Å². The summed E-state index contributed by atoms with van der Waals surface area (Å²) in [6.07, 6.45) is 2.63. The smallest absolute Gasteiger partial charge is 0.323 e. The lowest BCUT2D eigenvalue weighted by molar-refractivity contribution is -0.0712. The van der Waals surface area contributed by atoms with Crippen LogP contribution in [0.4, 0.5) is 9.93 Å². The van der Waals surface area contributed by atoms with Crippen LogP contribution < -0.4 is 5.32 Å². The minimum atomic E-state index is -0.0615. The van der Waals surface area contributed by atoms with E-state index in [9.17, 15) is 4.79 Å². The number of carbonyl (C=O) groups is 1. The number of anilines is 1. The molecule has 3 unspecified atom stereocenters. The Bertz CT molecular complexity index is 487. The summed E-state index contributed by atoms with van der Waals surface area (Å²) in [5.41, 5.74) is 1.62. The molecule has 3 atom stereocenters. The zero-order chi connectivity index (χ0) is 15.5. The van der Waals surface area contributed by atoms with Crippen LogP contribution in [0.1, 0.15) is 26.7 Å². The van der Waals surface area contributed by atoms with Crippen LogP contribution in [0, 0.1) is 0 Å². The number of morpholine rings is 1. The van der Waals surface area contributed by atoms with Gasteiger partial charge in [-0.2, -0.15) is 0 Å². The van der Waals surface area contributed by atoms with Crippen LogP contribution in [0.15, 0.2) is 5.51 Å². The summed E-state index contributed by atoms with van der Waals surface area (Å²) < 4.78 is 5.78. The van der Waals surface area contributed by atoms with Gasteiger partial charge in [0.05, 0.1) is 12.2 Å². The van der Waals surface area contributed by atoms with Crippen molar-refractivity contribution in [2.75, 3.05) is 31.5 Å². The van der Waals surface area contributed by atoms with Gasteiger partial charge in [0.2, 0.25) is 5.13 Å². The summed E-state index contributed by atoms with van der Waals surface area (Å²) in [5, 5.41) is 11.0. The number of rotatable bonds is 3. The van der Waals surface area contributed by atoms with Gasteiger partial charge in [-0.25, -0.2) is 4.79 Å². The number of urea groups is 1. The molecule has 2 amide bonds. The van der Waals surface area contributed by atoms with E-state index in [1.54, 1.807) is 5.51 Å². The van der Waals surface area contributed by atoms with Crippen molar-refractivity contribution in [1.82, 2.24) is 20.0 Å². The van der Waals surface area contributed by atoms with Crippen LogP contribution in [0.25, 0.3) is 0 Å². The minimum Gasteiger partial charge on any atom is -0.373 e. The number of hydrogen-bond donors (Lipinski definition) is 1. The molecular weight excluding hydrogens is 302 g/mol. The van der Waals surface area contributed by atoms with Gasteiger partial charge in [0.1, 0.15) is 5.51 Å². The predicted octanol–water partition coefficient (Wildman–Crippen LogP) is 1.64. The molecule has 2 fully saturated rings. The van der Waals surface area contributed by atoms with E-state index in [0.29, 0.717) is 5.13 Å². The van der Waals surface area contributed by atoms with E-state index in [-0.39, 0.29) is 24.3 Å². The SMILES string of the molecule is CC1CN(CC2CCCN2C(=O)Nc2nncs2)CC(C)O1. The number of carbonyl (C=O) groups excluding carboxylic acids is 1. The number of nitrogens with zero attached hydrogens (tertiary/aromatic N) is 4. The molecule has 2 saturated heterocycles. The van der Waals surface area contributed by atoms with E-state index in [1.165, 1.54) is 11.3 Å². The highest BCUT2D eigenvalue weighted by Crippen LogP contribution is 2.22. The number of likely N-dealkylation sites (tertiary alicyclic amines) is 1. The first-order chi connectivity index (χ1) is 10.6. The fraction of sp³-hybridized carbons (Fsp3) is 0.786. The van der Waals surface area contributed by atoms with E-state index in [4.69, 9.17) is 4.74 Å². The summed E-state index contributed by atoms with van der Waals surface area (Å²) in [4.78, 5) is 16.8. The van der Waals surface area contributed by atoms with Gasteiger partial charge in [0.25, 0.3) is 0 Å². The van der Waals surface area contributed by atoms with Gasteiger partial charge in [0, 0.05) is 32.2 Å². The first kappa shape index (κ1) is 15.6. The summed E-state index contributed by atoms with van der Waals surface area (Å²) in [5.74, 6) is 0. The minimum absolute atomic E-state index is 0.0615. The van der Waals surface area contributed by atoms with Gasteiger partial charge in [-0.1, -0.05) is 11.3 Å². The summed E-state index contributed by atoms with van der Waals surface area (Å²) in [7, 11) is 0. The molecule has 122 valence electrons. The lowest BCUT2D eigenvalue weighted by Crippen LogP contribution is -2.51. The Balaban J connectivity index is 1.57. The molecule has 1 aromatic heterocycles. The Labute approximate surface area is 134 Å². The van der Waals surface area contributed by atoms with Gasteiger partial charge in [-0.3, -0.25) is 10.2 Å². The molecule has 2 aliphatic heterocycles. The van der Waals surface area contributed by atoms with Crippen molar-refractivity contribution in [3.63, 3.8) is 0 Å². The number of hydrogen-bond acceptors (Lipinski definition) is 6. The van der Waals surface area contributed by atoms with Crippen molar-refractivity contribution in [1.29, 1.82) is 0 Å². The molecule has 1 aromatic rings. The van der Waals surface area contributed by atoms with Crippen LogP contribution in [0.3, 0.4) is 0 Å². The summed E-state index contributed by atoms with van der Waals surface area (Å²) in [6.45, 7) is 7.82. The van der Waals surface area contributed by atoms with E-state index < -0.39 is 0 Å². The molecule has 2 aliphatic rings. The number of ether oxygens (including phenoxy) is 1. The average Bonchev–Trinajstić information content (AvgIpc) is 3.08. The standard InChI is InChI=1S/C14H23N5O2S/c1-10-6-18(7-11(2)21-10)8-12-4-3-5-19(12)14(20)16-13-17-15-9-22-13/h9-12H,3-8H2,1-2H3,(H,16,17,20). The Hall–Kier alpha value is -1.25. The van der Waals surface area contributed by atoms with Gasteiger partial charge in [0.15, 0.2) is 0 Å². The second kappa shape index (κ2) is 6.89. The molecule has 0 aliphatic carbocycles. The molecule has 0 aromatic carbocycles. The summed E-state index contributed by atoms with van der Waals surface area (Å²) >= 11 is 1.34. The van der Waals surface area contributed by atoms with Gasteiger partial charge >= 0.3 is 6.03 Å². The van der Waals surface area contributed by atoms with Crippen molar-refractivity contribution in [2.45, 2.75) is 44.9 Å². The lowest BCUT2D eigenvalue weighted by atomic mass is 10.1. The molecule has 7 nitrogen and oxygen atoms in total. The van der Waals surface area contributed by atoms with Gasteiger partial charge in [-0.15, -0.1) is 10.2 Å². The van der Waals surface area contributed by atoms with Crippen molar-refractivity contribution in [3.8, 4) is 0 Å². The molecule has 1 N–H and O–H groups in total. The first-order valence-electron chi connectivity index (χ1n) is 7.83. The van der Waals surface area contributed by atoms with E-state index in [1.807, 2.05) is 4.90 Å². The quantitative estimate of drug-likeness (QED) is 0.915. The monoisotopic (exact) mass is 325 g/mol. The Morgan fingerprint density at radius 1 is 1.45 bits per heavy atom. The number of aromatic nitrogens is 2. The Kier molecular flexibility index (Phi) is 4.90. The fourth-order valence-corrected chi connectivity index (χ4v) is 3.85. The van der Waals surface area contributed by atoms with E-state index in [0.717, 1.165) is 39.0 Å². The second-order valence-corrected chi connectivity index (χ2v) is 6.97. The summed E-state index contributed by atoms with van der Waals surface area (Å²) in [6, 6.07) is 0.207. The maximum atomic E-state index is 12.4. The fourth-order valence-electron chi connectivity index (χ4n) is 3.42. The molecular formula is C14H23N5O2S. The van der Waals surface area contributed by atoms with Crippen molar-refractivity contribution < 1.29 is 9.53 Å². The molecule has 3 heterocycles. The van der Waals surface area contributed by atoms with Crippen molar-refractivity contribution in [3.05, 3.63) is 5.51 Å². The highest BCUT2D eigenvalue weighted by Gasteiger charge is 2.32. The van der Waals surface area contributed by atoms with Crippen LogP contribution in [0.2, 0.25) is 0 Å². The number of amides is 2. The van der Waals surface area contributed by atoms with Crippen LogP contribution in [-0.2, 0) is 4.74 Å². The highest BCUT2D eigenvalue weighted by molar-refractivity contribution is 7.13. The van der Waals surface area contributed by atoms with Crippen molar-refractivity contribution >= 4 is 22.5 Å². The zero-order valence-corrected chi connectivity index (χ0v) is 13.9. The molecule has 8 heteroatoms. The zero-order valence-electron chi connectivity index (χ0n) is 13.1. The third-order valence-electron chi connectivity index (χ3n) is 4.18. The molecule has 0 spiro atoms. The van der Waals surface area contributed by atoms with Crippen LogP contribution >= 0.6 is 11.3 Å². The Morgan fingerprint density at radius 3 is 2.91 bits per heavy atom. The first-order valence-corrected chi connectivity index (χ1v) is 8.71. The molecule has 0 bridgehead atoms. The third kappa shape index (κ3) is 3.74. The topological polar surface area (TPSA) is 70.6 Å². The third-order valence-corrected chi connectivity index (χ3v) is 4.78. The molecule has 0 radical (unpaired) electrons. The largest absolute Gasteiger partial charge is 0.373 e. The molecule has 22 heavy (non-hydrogen) atoms. The van der Waals surface area contributed by atoms with Crippen LogP contribution in [0.5, 0.6) is 0 Å². The molecule has 0 saturated carbocycles. The van der Waals surface area contributed by atoms with E-state index >= 15 is 0 Å². The second-order valence-electron chi connectivity index (χ2n) is 6.14. The van der Waals surface area contributed by atoms with E-state index in [2.05, 4.69) is 34.3 Å². The number of nitrogens with one attached hydrogen (secondary N) is 1. The normalized spacial score (nSPS) is 29.7. The maximum absolute atomic E-state index is 12.4. The Morgan fingerprint density at radius 2 is 2.23 bits per heavy atom. The highest BCUT2D eigenvalue weighted by atomic mass is 32.1. The van der Waals surface area contributed by atoms with Crippen LogP contribution in [-0.4, -0.2) is 70.5 Å². The molecule has 3 rings (SSSR count). The average molecular weight is 325 g/mol. The predicted molar refractivity (Wildman–Crippen MR) is 85.1 cm³/mol. The lowest BCUT2D eigenvalue weighted by Gasteiger charge is -2.38. The van der Waals surface area contributed by atoms with Gasteiger partial charge in [-0.05, 0) is 26.7 Å².